The van der Waals surface area contributed by atoms with Gasteiger partial charge in [0.25, 0.3) is 0 Å². The summed E-state index contributed by atoms with van der Waals surface area (Å²) in [6, 6.07) is 0. The molecule has 3 aliphatic rings. The third-order valence-corrected chi connectivity index (χ3v) is 4.72. The minimum Gasteiger partial charge on any atom is -0.380 e. The van der Waals surface area contributed by atoms with Crippen LogP contribution in [0.4, 0.5) is 0 Å². The molecule has 3 rings (SSSR count). The van der Waals surface area contributed by atoms with Gasteiger partial charge in [-0.05, 0) is 38.5 Å². The molecule has 0 aromatic heterocycles. The van der Waals surface area contributed by atoms with Crippen molar-refractivity contribution in [2.24, 2.45) is 5.41 Å². The summed E-state index contributed by atoms with van der Waals surface area (Å²) in [6.07, 6.45) is 8.59. The van der Waals surface area contributed by atoms with Crippen LogP contribution in [0.5, 0.6) is 0 Å². The van der Waals surface area contributed by atoms with Gasteiger partial charge in [0.15, 0.2) is 0 Å². The van der Waals surface area contributed by atoms with Gasteiger partial charge in [0.2, 0.25) is 0 Å². The Labute approximate surface area is 104 Å². The SMILES string of the molecule is CCC1(COC2CCC3CCC(C2)O3)COC1. The Morgan fingerprint density at radius 2 is 1.88 bits per heavy atom. The van der Waals surface area contributed by atoms with Crippen molar-refractivity contribution in [2.75, 3.05) is 19.8 Å². The van der Waals surface area contributed by atoms with Gasteiger partial charge in [0, 0.05) is 5.41 Å². The third-order valence-electron chi connectivity index (χ3n) is 4.72. The highest BCUT2D eigenvalue weighted by atomic mass is 16.5. The fraction of sp³-hybridized carbons (Fsp3) is 1.00. The lowest BCUT2D eigenvalue weighted by Gasteiger charge is -2.41. The summed E-state index contributed by atoms with van der Waals surface area (Å²) in [5.41, 5.74) is 0.326. The molecular formula is C14H24O3. The molecule has 98 valence electrons. The molecule has 3 unspecified atom stereocenters. The zero-order valence-electron chi connectivity index (χ0n) is 10.8. The van der Waals surface area contributed by atoms with Gasteiger partial charge >= 0.3 is 0 Å². The minimum atomic E-state index is 0.326. The maximum Gasteiger partial charge on any atom is 0.0604 e. The van der Waals surface area contributed by atoms with Crippen LogP contribution in [0.25, 0.3) is 0 Å². The average molecular weight is 240 g/mol. The fourth-order valence-corrected chi connectivity index (χ4v) is 3.17. The summed E-state index contributed by atoms with van der Waals surface area (Å²) in [4.78, 5) is 0. The summed E-state index contributed by atoms with van der Waals surface area (Å²) < 4.78 is 17.4. The quantitative estimate of drug-likeness (QED) is 0.755. The normalized spacial score (nSPS) is 39.7. The Hall–Kier alpha value is -0.120. The molecule has 3 heteroatoms. The van der Waals surface area contributed by atoms with Gasteiger partial charge in [-0.2, -0.15) is 0 Å². The Morgan fingerprint density at radius 3 is 2.59 bits per heavy atom. The van der Waals surface area contributed by atoms with Crippen LogP contribution in [0, 0.1) is 5.41 Å². The zero-order chi connectivity index (χ0) is 11.7. The molecule has 0 spiro atoms. The first-order chi connectivity index (χ1) is 8.30. The summed E-state index contributed by atoms with van der Waals surface area (Å²) >= 11 is 0. The molecule has 17 heavy (non-hydrogen) atoms. The first-order valence-corrected chi connectivity index (χ1v) is 7.14. The van der Waals surface area contributed by atoms with E-state index in [1.807, 2.05) is 0 Å². The van der Waals surface area contributed by atoms with Crippen LogP contribution in [-0.2, 0) is 14.2 Å². The lowest BCUT2D eigenvalue weighted by molar-refractivity contribution is -0.162. The second-order valence-corrected chi connectivity index (χ2v) is 6.05. The van der Waals surface area contributed by atoms with E-state index in [0.717, 1.165) is 26.2 Å². The Morgan fingerprint density at radius 1 is 1.12 bits per heavy atom. The summed E-state index contributed by atoms with van der Waals surface area (Å²) in [7, 11) is 0. The second-order valence-electron chi connectivity index (χ2n) is 6.05. The zero-order valence-corrected chi connectivity index (χ0v) is 10.8. The van der Waals surface area contributed by atoms with E-state index in [1.165, 1.54) is 32.1 Å². The lowest BCUT2D eigenvalue weighted by atomic mass is 9.84. The van der Waals surface area contributed by atoms with E-state index in [4.69, 9.17) is 14.2 Å². The maximum absolute atomic E-state index is 6.15. The molecule has 3 saturated heterocycles. The summed E-state index contributed by atoms with van der Waals surface area (Å²) in [5, 5.41) is 0. The van der Waals surface area contributed by atoms with Gasteiger partial charge in [0.1, 0.15) is 0 Å². The van der Waals surface area contributed by atoms with E-state index in [1.54, 1.807) is 0 Å². The van der Waals surface area contributed by atoms with E-state index >= 15 is 0 Å². The molecule has 3 aliphatic heterocycles. The predicted molar refractivity (Wildman–Crippen MR) is 65.0 cm³/mol. The van der Waals surface area contributed by atoms with Crippen LogP contribution in [0.2, 0.25) is 0 Å². The smallest absolute Gasteiger partial charge is 0.0604 e. The molecule has 2 bridgehead atoms. The molecule has 0 aromatic rings. The van der Waals surface area contributed by atoms with Gasteiger partial charge in [-0.3, -0.25) is 0 Å². The third kappa shape index (κ3) is 2.51. The number of rotatable bonds is 4. The van der Waals surface area contributed by atoms with E-state index in [2.05, 4.69) is 6.92 Å². The number of ether oxygens (including phenoxy) is 3. The Bertz CT molecular complexity index is 257. The largest absolute Gasteiger partial charge is 0.380 e. The number of hydrogen-bond donors (Lipinski definition) is 0. The molecule has 0 aliphatic carbocycles. The first kappa shape index (κ1) is 11.9. The Kier molecular flexibility index (Phi) is 3.42. The summed E-state index contributed by atoms with van der Waals surface area (Å²) in [6.45, 7) is 4.90. The highest BCUT2D eigenvalue weighted by Gasteiger charge is 2.39. The fourth-order valence-electron chi connectivity index (χ4n) is 3.17. The molecule has 3 heterocycles. The molecule has 0 saturated carbocycles. The standard InChI is InChI=1S/C14H24O3/c1-2-14(8-15-9-14)10-16-12-5-3-11-4-6-13(7-12)17-11/h11-13H,2-10H2,1H3. The molecule has 0 amide bonds. The molecule has 3 atom stereocenters. The van der Waals surface area contributed by atoms with Crippen LogP contribution in [0.3, 0.4) is 0 Å². The molecule has 3 nitrogen and oxygen atoms in total. The molecule has 3 fully saturated rings. The van der Waals surface area contributed by atoms with Crippen LogP contribution < -0.4 is 0 Å². The van der Waals surface area contributed by atoms with Gasteiger partial charge < -0.3 is 14.2 Å². The molecule has 0 N–H and O–H groups in total. The monoisotopic (exact) mass is 240 g/mol. The maximum atomic E-state index is 6.15. The van der Waals surface area contributed by atoms with Crippen molar-refractivity contribution in [1.82, 2.24) is 0 Å². The topological polar surface area (TPSA) is 27.7 Å². The second kappa shape index (κ2) is 4.87. The van der Waals surface area contributed by atoms with E-state index in [9.17, 15) is 0 Å². The van der Waals surface area contributed by atoms with Gasteiger partial charge in [-0.15, -0.1) is 0 Å². The van der Waals surface area contributed by atoms with E-state index < -0.39 is 0 Å². The van der Waals surface area contributed by atoms with Crippen LogP contribution in [0.15, 0.2) is 0 Å². The minimum absolute atomic E-state index is 0.326. The highest BCUT2D eigenvalue weighted by Crippen LogP contribution is 2.35. The Balaban J connectivity index is 1.48. The van der Waals surface area contributed by atoms with Gasteiger partial charge in [-0.1, -0.05) is 6.92 Å². The van der Waals surface area contributed by atoms with Crippen molar-refractivity contribution < 1.29 is 14.2 Å². The van der Waals surface area contributed by atoms with Crippen molar-refractivity contribution in [1.29, 1.82) is 0 Å². The molecule has 0 aromatic carbocycles. The van der Waals surface area contributed by atoms with Crippen molar-refractivity contribution in [3.8, 4) is 0 Å². The van der Waals surface area contributed by atoms with Gasteiger partial charge in [-0.25, -0.2) is 0 Å². The van der Waals surface area contributed by atoms with Crippen LogP contribution in [0.1, 0.15) is 45.4 Å². The predicted octanol–water partition coefficient (Wildman–Crippen LogP) is 2.53. The average Bonchev–Trinajstić information content (AvgIpc) is 2.60. The number of fused-ring (bicyclic) bond motifs is 2. The molecule has 0 radical (unpaired) electrons. The van der Waals surface area contributed by atoms with Crippen LogP contribution >= 0.6 is 0 Å². The number of hydrogen-bond acceptors (Lipinski definition) is 3. The molecular weight excluding hydrogens is 216 g/mol. The van der Waals surface area contributed by atoms with Crippen molar-refractivity contribution >= 4 is 0 Å². The first-order valence-electron chi connectivity index (χ1n) is 7.14. The van der Waals surface area contributed by atoms with Gasteiger partial charge in [0.05, 0.1) is 38.1 Å². The van der Waals surface area contributed by atoms with Crippen molar-refractivity contribution in [3.05, 3.63) is 0 Å². The van der Waals surface area contributed by atoms with Crippen molar-refractivity contribution in [3.63, 3.8) is 0 Å². The summed E-state index contributed by atoms with van der Waals surface area (Å²) in [5.74, 6) is 0. The van der Waals surface area contributed by atoms with E-state index in [0.29, 0.717) is 23.7 Å². The lowest BCUT2D eigenvalue weighted by Crippen LogP contribution is -2.46. The van der Waals surface area contributed by atoms with Crippen LogP contribution in [-0.4, -0.2) is 38.1 Å². The van der Waals surface area contributed by atoms with E-state index in [-0.39, 0.29) is 0 Å². The van der Waals surface area contributed by atoms with Crippen molar-refractivity contribution in [2.45, 2.75) is 63.8 Å². The highest BCUT2D eigenvalue weighted by molar-refractivity contribution is 4.86.